The molecular weight excluding hydrogens is 359 g/mol. The Morgan fingerprint density at radius 1 is 1.25 bits per heavy atom. The molecule has 2 saturated heterocycles. The first-order chi connectivity index (χ1) is 9.78. The molecule has 0 aromatic heterocycles. The van der Waals surface area contributed by atoms with E-state index < -0.39 is 0 Å². The van der Waals surface area contributed by atoms with Gasteiger partial charge in [0.05, 0.1) is 0 Å². The van der Waals surface area contributed by atoms with Crippen molar-refractivity contribution in [2.24, 2.45) is 0 Å². The molecule has 1 aromatic carbocycles. The van der Waals surface area contributed by atoms with Gasteiger partial charge in [-0.3, -0.25) is 0 Å². The molecule has 0 saturated carbocycles. The maximum Gasteiger partial charge on any atom is 0.0381 e. The first-order valence-corrected chi connectivity index (χ1v) is 9.13. The highest BCUT2D eigenvalue weighted by Gasteiger charge is 2.37. The third-order valence-electron chi connectivity index (χ3n) is 4.76. The van der Waals surface area contributed by atoms with E-state index in [1.807, 2.05) is 0 Å². The zero-order valence-electron chi connectivity index (χ0n) is 12.3. The van der Waals surface area contributed by atoms with E-state index in [0.717, 1.165) is 18.1 Å². The highest BCUT2D eigenvalue weighted by atomic mass is 127. The zero-order valence-corrected chi connectivity index (χ0v) is 14.5. The van der Waals surface area contributed by atoms with E-state index in [9.17, 15) is 0 Å². The van der Waals surface area contributed by atoms with Crippen LogP contribution in [0.1, 0.15) is 45.4 Å². The molecule has 2 nitrogen and oxygen atoms in total. The molecular formula is C17H25IN2. The van der Waals surface area contributed by atoms with Gasteiger partial charge in [-0.2, -0.15) is 0 Å². The molecule has 3 heteroatoms. The van der Waals surface area contributed by atoms with Gasteiger partial charge in [0.2, 0.25) is 0 Å². The number of nitrogens with one attached hydrogen (secondary N) is 1. The minimum Gasteiger partial charge on any atom is -0.365 e. The van der Waals surface area contributed by atoms with Gasteiger partial charge in [0.25, 0.3) is 0 Å². The molecule has 0 radical (unpaired) electrons. The van der Waals surface area contributed by atoms with Crippen molar-refractivity contribution in [3.63, 3.8) is 0 Å². The van der Waals surface area contributed by atoms with Crippen molar-refractivity contribution in [2.45, 2.75) is 63.6 Å². The second-order valence-corrected chi connectivity index (χ2v) is 7.49. The Balaban J connectivity index is 1.76. The molecule has 0 amide bonds. The Hall–Kier alpha value is -0.290. The Morgan fingerprint density at radius 3 is 2.65 bits per heavy atom. The van der Waals surface area contributed by atoms with Crippen molar-refractivity contribution >= 4 is 28.3 Å². The third kappa shape index (κ3) is 3.14. The third-order valence-corrected chi connectivity index (χ3v) is 5.44. The van der Waals surface area contributed by atoms with Crippen molar-refractivity contribution in [1.82, 2.24) is 5.32 Å². The average molecular weight is 384 g/mol. The van der Waals surface area contributed by atoms with Gasteiger partial charge in [0, 0.05) is 27.4 Å². The highest BCUT2D eigenvalue weighted by Crippen LogP contribution is 2.38. The molecule has 0 aliphatic carbocycles. The Morgan fingerprint density at radius 2 is 2.00 bits per heavy atom. The maximum absolute atomic E-state index is 3.76. The van der Waals surface area contributed by atoms with Crippen molar-refractivity contribution in [2.75, 3.05) is 11.4 Å². The van der Waals surface area contributed by atoms with E-state index in [1.165, 1.54) is 54.3 Å². The first-order valence-electron chi connectivity index (χ1n) is 8.05. The largest absolute Gasteiger partial charge is 0.365 e. The van der Waals surface area contributed by atoms with Crippen molar-refractivity contribution < 1.29 is 0 Å². The lowest BCUT2D eigenvalue weighted by molar-refractivity contribution is 0.246. The van der Waals surface area contributed by atoms with Crippen LogP contribution in [0.2, 0.25) is 0 Å². The fraction of sp³-hybridized carbons (Fsp3) is 0.647. The molecule has 2 heterocycles. The number of halogens is 1. The van der Waals surface area contributed by atoms with Crippen LogP contribution in [0.25, 0.3) is 0 Å². The molecule has 2 aliphatic rings. The van der Waals surface area contributed by atoms with Crippen LogP contribution in [0.4, 0.5) is 5.69 Å². The standard InChI is InChI=1S/C17H25IN2/c1-2-9-19-14-11-16-7-4-8-17(12-14)20(16)15-6-3-5-13(18)10-15/h3,5-6,10,14,16-17,19H,2,4,7-9,11-12H2,1H3. The number of hydrogen-bond acceptors (Lipinski definition) is 2. The number of nitrogens with zero attached hydrogens (tertiary/aromatic N) is 1. The fourth-order valence-electron chi connectivity index (χ4n) is 3.95. The molecule has 2 fully saturated rings. The lowest BCUT2D eigenvalue weighted by atomic mass is 9.81. The minimum absolute atomic E-state index is 0.740. The van der Waals surface area contributed by atoms with E-state index in [2.05, 4.69) is 64.0 Å². The van der Waals surface area contributed by atoms with Crippen molar-refractivity contribution in [3.8, 4) is 0 Å². The van der Waals surface area contributed by atoms with Crippen LogP contribution in [0, 0.1) is 3.57 Å². The number of benzene rings is 1. The number of fused-ring (bicyclic) bond motifs is 2. The molecule has 20 heavy (non-hydrogen) atoms. The van der Waals surface area contributed by atoms with Gasteiger partial charge in [-0.25, -0.2) is 0 Å². The van der Waals surface area contributed by atoms with Gasteiger partial charge in [0.15, 0.2) is 0 Å². The molecule has 2 aliphatic heterocycles. The summed E-state index contributed by atoms with van der Waals surface area (Å²) in [4.78, 5) is 2.73. The van der Waals surface area contributed by atoms with E-state index >= 15 is 0 Å². The molecule has 2 atom stereocenters. The molecule has 2 unspecified atom stereocenters. The fourth-order valence-corrected chi connectivity index (χ4v) is 4.48. The number of anilines is 1. The van der Waals surface area contributed by atoms with E-state index in [1.54, 1.807) is 0 Å². The smallest absolute Gasteiger partial charge is 0.0381 e. The molecule has 2 bridgehead atoms. The van der Waals surface area contributed by atoms with E-state index in [-0.39, 0.29) is 0 Å². The Bertz CT molecular complexity index is 434. The van der Waals surface area contributed by atoms with Gasteiger partial charge in [-0.15, -0.1) is 0 Å². The van der Waals surface area contributed by atoms with Crippen molar-refractivity contribution in [1.29, 1.82) is 0 Å². The Labute approximate surface area is 136 Å². The summed E-state index contributed by atoms with van der Waals surface area (Å²) in [5.74, 6) is 0. The number of hydrogen-bond donors (Lipinski definition) is 1. The molecule has 0 spiro atoms. The van der Waals surface area contributed by atoms with Crippen LogP contribution in [-0.2, 0) is 0 Å². The summed E-state index contributed by atoms with van der Waals surface area (Å²) in [5.41, 5.74) is 1.44. The predicted octanol–water partition coefficient (Wildman–Crippen LogP) is 4.18. The average Bonchev–Trinajstić information content (AvgIpc) is 2.44. The summed E-state index contributed by atoms with van der Waals surface area (Å²) in [5, 5.41) is 3.76. The van der Waals surface area contributed by atoms with Crippen LogP contribution >= 0.6 is 22.6 Å². The monoisotopic (exact) mass is 384 g/mol. The predicted molar refractivity (Wildman–Crippen MR) is 94.4 cm³/mol. The number of piperidine rings is 2. The zero-order chi connectivity index (χ0) is 13.9. The molecule has 1 aromatic rings. The van der Waals surface area contributed by atoms with Crippen LogP contribution in [-0.4, -0.2) is 24.7 Å². The van der Waals surface area contributed by atoms with E-state index in [4.69, 9.17) is 0 Å². The second kappa shape index (κ2) is 6.65. The summed E-state index contributed by atoms with van der Waals surface area (Å²) in [6, 6.07) is 11.3. The quantitative estimate of drug-likeness (QED) is 0.784. The second-order valence-electron chi connectivity index (χ2n) is 6.25. The summed E-state index contributed by atoms with van der Waals surface area (Å²) in [6.07, 6.45) is 8.03. The maximum atomic E-state index is 3.76. The van der Waals surface area contributed by atoms with E-state index in [0.29, 0.717) is 0 Å². The van der Waals surface area contributed by atoms with Gasteiger partial charge in [-0.05, 0) is 85.9 Å². The number of rotatable bonds is 4. The van der Waals surface area contributed by atoms with Gasteiger partial charge >= 0.3 is 0 Å². The SMILES string of the molecule is CCCNC1CC2CCCC(C1)N2c1cccc(I)c1. The highest BCUT2D eigenvalue weighted by molar-refractivity contribution is 14.1. The van der Waals surface area contributed by atoms with Crippen LogP contribution < -0.4 is 10.2 Å². The van der Waals surface area contributed by atoms with Crippen LogP contribution in [0.3, 0.4) is 0 Å². The molecule has 1 N–H and O–H groups in total. The lowest BCUT2D eigenvalue weighted by Crippen LogP contribution is -2.56. The Kier molecular flexibility index (Phi) is 4.87. The summed E-state index contributed by atoms with van der Waals surface area (Å²) in [7, 11) is 0. The van der Waals surface area contributed by atoms with Crippen LogP contribution in [0.15, 0.2) is 24.3 Å². The van der Waals surface area contributed by atoms with Gasteiger partial charge in [-0.1, -0.05) is 13.0 Å². The summed E-state index contributed by atoms with van der Waals surface area (Å²) >= 11 is 2.43. The minimum atomic E-state index is 0.740. The van der Waals surface area contributed by atoms with Gasteiger partial charge < -0.3 is 10.2 Å². The lowest BCUT2D eigenvalue weighted by Gasteiger charge is -2.50. The van der Waals surface area contributed by atoms with Gasteiger partial charge in [0.1, 0.15) is 0 Å². The summed E-state index contributed by atoms with van der Waals surface area (Å²) < 4.78 is 1.35. The normalized spacial score (nSPS) is 29.5. The molecule has 3 rings (SSSR count). The topological polar surface area (TPSA) is 15.3 Å². The molecule has 110 valence electrons. The first kappa shape index (κ1) is 14.6. The van der Waals surface area contributed by atoms with Crippen molar-refractivity contribution in [3.05, 3.63) is 27.8 Å². The summed E-state index contributed by atoms with van der Waals surface area (Å²) in [6.45, 7) is 3.43. The van der Waals surface area contributed by atoms with Crippen LogP contribution in [0.5, 0.6) is 0 Å².